The fraction of sp³-hybridized carbons (Fsp3) is 0.471. The summed E-state index contributed by atoms with van der Waals surface area (Å²) in [6, 6.07) is 10.0. The molecular formula is C17H23N5O. The number of hydrogen-bond donors (Lipinski definition) is 1. The van der Waals surface area contributed by atoms with Gasteiger partial charge in [-0.3, -0.25) is 4.79 Å². The minimum atomic E-state index is -0.0867. The summed E-state index contributed by atoms with van der Waals surface area (Å²) in [6.45, 7) is 6.48. The molecule has 1 amide bonds. The lowest BCUT2D eigenvalue weighted by Gasteiger charge is -2.24. The SMILES string of the molecule is CCN(C(=O)c1nnn(C2CCNCC2)c1C)c1ccccc1. The van der Waals surface area contributed by atoms with E-state index in [0.717, 1.165) is 37.3 Å². The van der Waals surface area contributed by atoms with E-state index in [-0.39, 0.29) is 5.91 Å². The minimum absolute atomic E-state index is 0.0867. The quantitative estimate of drug-likeness (QED) is 0.940. The number of para-hydroxylation sites is 1. The maximum Gasteiger partial charge on any atom is 0.280 e. The molecule has 1 saturated heterocycles. The average Bonchev–Trinajstić information content (AvgIpc) is 2.99. The van der Waals surface area contributed by atoms with E-state index < -0.39 is 0 Å². The number of carbonyl (C=O) groups excluding carboxylic acids is 1. The van der Waals surface area contributed by atoms with Crippen LogP contribution in [0.4, 0.5) is 5.69 Å². The largest absolute Gasteiger partial charge is 0.317 e. The molecule has 122 valence electrons. The average molecular weight is 313 g/mol. The standard InChI is InChI=1S/C17H23N5O/c1-3-21(14-7-5-4-6-8-14)17(23)16-13(2)22(20-19-16)15-9-11-18-12-10-15/h4-8,15,18H,3,9-12H2,1-2H3. The topological polar surface area (TPSA) is 63.1 Å². The van der Waals surface area contributed by atoms with Crippen molar-refractivity contribution < 1.29 is 4.79 Å². The normalized spacial score (nSPS) is 15.6. The number of nitrogens with one attached hydrogen (secondary N) is 1. The van der Waals surface area contributed by atoms with Crippen molar-refractivity contribution in [1.29, 1.82) is 0 Å². The molecule has 1 fully saturated rings. The Balaban J connectivity index is 1.86. The van der Waals surface area contributed by atoms with Crippen molar-refractivity contribution in [3.05, 3.63) is 41.7 Å². The van der Waals surface area contributed by atoms with Crippen molar-refractivity contribution in [3.63, 3.8) is 0 Å². The Morgan fingerprint density at radius 2 is 2.00 bits per heavy atom. The zero-order valence-corrected chi connectivity index (χ0v) is 13.7. The van der Waals surface area contributed by atoms with Gasteiger partial charge in [0.15, 0.2) is 5.69 Å². The van der Waals surface area contributed by atoms with Crippen LogP contribution < -0.4 is 10.2 Å². The van der Waals surface area contributed by atoms with E-state index in [1.807, 2.05) is 48.9 Å². The zero-order valence-electron chi connectivity index (χ0n) is 13.7. The van der Waals surface area contributed by atoms with E-state index >= 15 is 0 Å². The van der Waals surface area contributed by atoms with Crippen molar-refractivity contribution in [3.8, 4) is 0 Å². The summed E-state index contributed by atoms with van der Waals surface area (Å²) >= 11 is 0. The van der Waals surface area contributed by atoms with E-state index in [1.165, 1.54) is 0 Å². The Morgan fingerprint density at radius 1 is 1.30 bits per heavy atom. The highest BCUT2D eigenvalue weighted by atomic mass is 16.2. The van der Waals surface area contributed by atoms with Crippen molar-refractivity contribution in [1.82, 2.24) is 20.3 Å². The maximum absolute atomic E-state index is 12.9. The van der Waals surface area contributed by atoms with Gasteiger partial charge in [0, 0.05) is 12.2 Å². The number of anilines is 1. The molecule has 1 N–H and O–H groups in total. The van der Waals surface area contributed by atoms with Crippen LogP contribution in [0.2, 0.25) is 0 Å². The molecule has 0 spiro atoms. The molecule has 3 rings (SSSR count). The molecule has 2 aromatic rings. The molecule has 0 unspecified atom stereocenters. The van der Waals surface area contributed by atoms with Gasteiger partial charge in [-0.25, -0.2) is 4.68 Å². The minimum Gasteiger partial charge on any atom is -0.317 e. The molecule has 6 heteroatoms. The molecule has 1 aromatic carbocycles. The van der Waals surface area contributed by atoms with E-state index in [9.17, 15) is 4.79 Å². The summed E-state index contributed by atoms with van der Waals surface area (Å²) in [5, 5.41) is 11.8. The number of nitrogens with zero attached hydrogens (tertiary/aromatic N) is 4. The lowest BCUT2D eigenvalue weighted by Crippen LogP contribution is -2.32. The van der Waals surface area contributed by atoms with Crippen molar-refractivity contribution in [2.75, 3.05) is 24.5 Å². The number of rotatable bonds is 4. The molecule has 2 heterocycles. The van der Waals surface area contributed by atoms with Gasteiger partial charge in [0.1, 0.15) is 0 Å². The van der Waals surface area contributed by atoms with Gasteiger partial charge in [-0.15, -0.1) is 5.10 Å². The monoisotopic (exact) mass is 313 g/mol. The van der Waals surface area contributed by atoms with Gasteiger partial charge >= 0.3 is 0 Å². The first-order chi connectivity index (χ1) is 11.2. The van der Waals surface area contributed by atoms with Crippen LogP contribution >= 0.6 is 0 Å². The highest BCUT2D eigenvalue weighted by Crippen LogP contribution is 2.22. The van der Waals surface area contributed by atoms with Crippen LogP contribution in [-0.2, 0) is 0 Å². The van der Waals surface area contributed by atoms with Crippen LogP contribution in [0.3, 0.4) is 0 Å². The smallest absolute Gasteiger partial charge is 0.280 e. The fourth-order valence-corrected chi connectivity index (χ4v) is 3.12. The first-order valence-corrected chi connectivity index (χ1v) is 8.21. The van der Waals surface area contributed by atoms with Crippen molar-refractivity contribution in [2.45, 2.75) is 32.7 Å². The third-order valence-electron chi connectivity index (χ3n) is 4.41. The van der Waals surface area contributed by atoms with Gasteiger partial charge in [0.05, 0.1) is 11.7 Å². The predicted molar refractivity (Wildman–Crippen MR) is 89.7 cm³/mol. The molecule has 23 heavy (non-hydrogen) atoms. The van der Waals surface area contributed by atoms with Crippen LogP contribution in [0.25, 0.3) is 0 Å². The van der Waals surface area contributed by atoms with Crippen LogP contribution in [0.5, 0.6) is 0 Å². The lowest BCUT2D eigenvalue weighted by atomic mass is 10.1. The Kier molecular flexibility index (Phi) is 4.71. The second-order valence-electron chi connectivity index (χ2n) is 5.83. The molecule has 0 aliphatic carbocycles. The first-order valence-electron chi connectivity index (χ1n) is 8.21. The second-order valence-corrected chi connectivity index (χ2v) is 5.83. The molecule has 0 bridgehead atoms. The fourth-order valence-electron chi connectivity index (χ4n) is 3.12. The van der Waals surface area contributed by atoms with E-state index in [1.54, 1.807) is 4.90 Å². The van der Waals surface area contributed by atoms with Crippen LogP contribution in [0, 0.1) is 6.92 Å². The van der Waals surface area contributed by atoms with E-state index in [0.29, 0.717) is 18.3 Å². The van der Waals surface area contributed by atoms with Crippen LogP contribution in [-0.4, -0.2) is 40.5 Å². The summed E-state index contributed by atoms with van der Waals surface area (Å²) in [7, 11) is 0. The van der Waals surface area contributed by atoms with Crippen molar-refractivity contribution in [2.24, 2.45) is 0 Å². The number of amides is 1. The first kappa shape index (κ1) is 15.7. The number of carbonyl (C=O) groups is 1. The summed E-state index contributed by atoms with van der Waals surface area (Å²) in [5.74, 6) is -0.0867. The molecule has 1 aliphatic heterocycles. The molecule has 6 nitrogen and oxygen atoms in total. The Hall–Kier alpha value is -2.21. The Morgan fingerprint density at radius 3 is 2.65 bits per heavy atom. The van der Waals surface area contributed by atoms with E-state index in [2.05, 4.69) is 15.6 Å². The van der Waals surface area contributed by atoms with Gasteiger partial charge in [-0.1, -0.05) is 23.4 Å². The van der Waals surface area contributed by atoms with Gasteiger partial charge in [-0.2, -0.15) is 0 Å². The number of benzene rings is 1. The summed E-state index contributed by atoms with van der Waals surface area (Å²) in [5.41, 5.74) is 2.20. The van der Waals surface area contributed by atoms with Crippen molar-refractivity contribution >= 4 is 11.6 Å². The lowest BCUT2D eigenvalue weighted by molar-refractivity contribution is 0.0983. The predicted octanol–water partition coefficient (Wildman–Crippen LogP) is 2.18. The van der Waals surface area contributed by atoms with E-state index in [4.69, 9.17) is 0 Å². The molecule has 1 aliphatic rings. The number of aromatic nitrogens is 3. The van der Waals surface area contributed by atoms with Crippen LogP contribution in [0.1, 0.15) is 42.0 Å². The summed E-state index contributed by atoms with van der Waals surface area (Å²) in [4.78, 5) is 14.6. The number of hydrogen-bond acceptors (Lipinski definition) is 4. The third kappa shape index (κ3) is 3.12. The molecule has 0 saturated carbocycles. The van der Waals surface area contributed by atoms with Gasteiger partial charge in [0.25, 0.3) is 5.91 Å². The van der Waals surface area contributed by atoms with Gasteiger partial charge in [0.2, 0.25) is 0 Å². The zero-order chi connectivity index (χ0) is 16.2. The highest BCUT2D eigenvalue weighted by Gasteiger charge is 2.26. The Bertz CT molecular complexity index is 661. The van der Waals surface area contributed by atoms with Gasteiger partial charge in [-0.05, 0) is 51.9 Å². The number of piperidine rings is 1. The second kappa shape index (κ2) is 6.91. The summed E-state index contributed by atoms with van der Waals surface area (Å²) < 4.78 is 1.92. The molecule has 0 atom stereocenters. The maximum atomic E-state index is 12.9. The summed E-state index contributed by atoms with van der Waals surface area (Å²) in [6.07, 6.45) is 2.04. The van der Waals surface area contributed by atoms with Crippen LogP contribution in [0.15, 0.2) is 30.3 Å². The molecule has 1 aromatic heterocycles. The third-order valence-corrected chi connectivity index (χ3v) is 4.41. The Labute approximate surface area is 136 Å². The highest BCUT2D eigenvalue weighted by molar-refractivity contribution is 6.05. The van der Waals surface area contributed by atoms with Gasteiger partial charge < -0.3 is 10.2 Å². The molecular weight excluding hydrogens is 290 g/mol. The molecule has 0 radical (unpaired) electrons.